The molecule has 0 spiro atoms. The second-order valence-electron chi connectivity index (χ2n) is 8.20. The Kier molecular flexibility index (Phi) is 4.67. The molecule has 1 aromatic carbocycles. The lowest BCUT2D eigenvalue weighted by atomic mass is 10.1. The Balaban J connectivity index is 1.39. The number of nitrogens with one attached hydrogen (secondary N) is 2. The zero-order chi connectivity index (χ0) is 19.8. The molecule has 5 rings (SSSR count). The number of hydrogen-bond acceptors (Lipinski definition) is 5. The molecular weight excluding hydrogens is 364 g/mol. The number of rotatable bonds is 5. The van der Waals surface area contributed by atoms with Crippen molar-refractivity contribution in [2.24, 2.45) is 5.92 Å². The normalized spacial score (nSPS) is 18.1. The maximum atomic E-state index is 12.1. The van der Waals surface area contributed by atoms with E-state index in [1.165, 1.54) is 0 Å². The first-order valence-corrected chi connectivity index (χ1v) is 10.4. The largest absolute Gasteiger partial charge is 0.366 e. The van der Waals surface area contributed by atoms with Gasteiger partial charge in [0.15, 0.2) is 5.65 Å². The molecular formula is C22H26N6O. The molecule has 7 heteroatoms. The van der Waals surface area contributed by atoms with Gasteiger partial charge in [0.25, 0.3) is 0 Å². The summed E-state index contributed by atoms with van der Waals surface area (Å²) in [5.74, 6) is 1.16. The van der Waals surface area contributed by atoms with Gasteiger partial charge >= 0.3 is 0 Å². The summed E-state index contributed by atoms with van der Waals surface area (Å²) < 4.78 is 1.87. The average molecular weight is 390 g/mol. The lowest BCUT2D eigenvalue weighted by Crippen LogP contribution is -2.36. The smallest absolute Gasteiger partial charge is 0.227 e. The molecule has 29 heavy (non-hydrogen) atoms. The summed E-state index contributed by atoms with van der Waals surface area (Å²) in [4.78, 5) is 18.9. The van der Waals surface area contributed by atoms with E-state index in [1.807, 2.05) is 47.1 Å². The van der Waals surface area contributed by atoms with Gasteiger partial charge in [-0.05, 0) is 70.1 Å². The Hall–Kier alpha value is -2.93. The Morgan fingerprint density at radius 3 is 2.72 bits per heavy atom. The third kappa shape index (κ3) is 3.96. The Bertz CT molecular complexity index is 1030. The predicted molar refractivity (Wildman–Crippen MR) is 114 cm³/mol. The first-order valence-electron chi connectivity index (χ1n) is 10.4. The fourth-order valence-corrected chi connectivity index (χ4v) is 3.86. The van der Waals surface area contributed by atoms with Crippen molar-refractivity contribution in [2.75, 3.05) is 30.8 Å². The third-order valence-corrected chi connectivity index (χ3v) is 5.81. The van der Waals surface area contributed by atoms with Crippen LogP contribution in [0, 0.1) is 5.92 Å². The Morgan fingerprint density at radius 1 is 1.10 bits per heavy atom. The molecule has 1 saturated carbocycles. The van der Waals surface area contributed by atoms with E-state index in [9.17, 15) is 4.79 Å². The number of imidazole rings is 1. The summed E-state index contributed by atoms with van der Waals surface area (Å²) in [6.07, 6.45) is 6.07. The van der Waals surface area contributed by atoms with Gasteiger partial charge in [0, 0.05) is 23.2 Å². The number of aromatic nitrogens is 3. The number of piperidine rings is 1. The molecule has 0 bridgehead atoms. The van der Waals surface area contributed by atoms with E-state index in [4.69, 9.17) is 5.10 Å². The number of carbonyl (C=O) groups is 1. The minimum atomic E-state index is 0.114. The van der Waals surface area contributed by atoms with E-state index < -0.39 is 0 Å². The molecule has 3 heterocycles. The SMILES string of the molecule is CN1CCC(Nc2ccc3ncc(-c4cccc(NC(=O)C5CC5)c4)n3n2)CC1. The van der Waals surface area contributed by atoms with Crippen molar-refractivity contribution in [1.29, 1.82) is 0 Å². The average Bonchev–Trinajstić information content (AvgIpc) is 3.50. The predicted octanol–water partition coefficient (Wildman–Crippen LogP) is 3.25. The molecule has 0 atom stereocenters. The van der Waals surface area contributed by atoms with E-state index >= 15 is 0 Å². The summed E-state index contributed by atoms with van der Waals surface area (Å²) in [5, 5.41) is 11.4. The van der Waals surface area contributed by atoms with E-state index in [2.05, 4.69) is 27.6 Å². The highest BCUT2D eigenvalue weighted by atomic mass is 16.2. The number of benzene rings is 1. The number of hydrogen-bond donors (Lipinski definition) is 2. The van der Waals surface area contributed by atoms with Gasteiger partial charge in [-0.1, -0.05) is 12.1 Å². The molecule has 1 amide bonds. The fourth-order valence-electron chi connectivity index (χ4n) is 3.86. The van der Waals surface area contributed by atoms with Gasteiger partial charge in [-0.15, -0.1) is 5.10 Å². The van der Waals surface area contributed by atoms with Crippen molar-refractivity contribution in [3.8, 4) is 11.3 Å². The molecule has 2 aromatic heterocycles. The topological polar surface area (TPSA) is 74.6 Å². The molecule has 2 aliphatic rings. The molecule has 150 valence electrons. The van der Waals surface area contributed by atoms with Crippen LogP contribution in [0.15, 0.2) is 42.6 Å². The van der Waals surface area contributed by atoms with Crippen molar-refractivity contribution in [3.63, 3.8) is 0 Å². The van der Waals surface area contributed by atoms with Crippen molar-refractivity contribution in [2.45, 2.75) is 31.7 Å². The summed E-state index contributed by atoms with van der Waals surface area (Å²) in [6, 6.07) is 12.3. The van der Waals surface area contributed by atoms with Crippen LogP contribution in [-0.4, -0.2) is 51.6 Å². The van der Waals surface area contributed by atoms with Gasteiger partial charge in [0.2, 0.25) is 5.91 Å². The van der Waals surface area contributed by atoms with E-state index in [1.54, 1.807) is 0 Å². The number of nitrogens with zero attached hydrogens (tertiary/aromatic N) is 4. The number of anilines is 2. The molecule has 2 fully saturated rings. The van der Waals surface area contributed by atoms with Crippen molar-refractivity contribution in [3.05, 3.63) is 42.6 Å². The zero-order valence-electron chi connectivity index (χ0n) is 16.6. The van der Waals surface area contributed by atoms with Crippen LogP contribution in [0.25, 0.3) is 16.9 Å². The standard InChI is InChI=1S/C22H26N6O/c1-27-11-9-17(10-12-27)24-20-7-8-21-23-14-19(28(21)26-20)16-3-2-4-18(13-16)25-22(29)15-5-6-15/h2-4,7-8,13-15,17H,5-6,9-12H2,1H3,(H,24,26)(H,25,29). The van der Waals surface area contributed by atoms with Gasteiger partial charge in [-0.25, -0.2) is 9.50 Å². The lowest BCUT2D eigenvalue weighted by Gasteiger charge is -2.29. The van der Waals surface area contributed by atoms with Crippen LogP contribution >= 0.6 is 0 Å². The van der Waals surface area contributed by atoms with Gasteiger partial charge in [-0.3, -0.25) is 4.79 Å². The molecule has 1 aliphatic carbocycles. The number of fused-ring (bicyclic) bond motifs is 1. The third-order valence-electron chi connectivity index (χ3n) is 5.81. The van der Waals surface area contributed by atoms with Gasteiger partial charge in [0.1, 0.15) is 5.82 Å². The summed E-state index contributed by atoms with van der Waals surface area (Å²) >= 11 is 0. The highest BCUT2D eigenvalue weighted by Gasteiger charge is 2.29. The molecule has 1 aliphatic heterocycles. The summed E-state index contributed by atoms with van der Waals surface area (Å²) in [7, 11) is 2.17. The number of likely N-dealkylation sites (tertiary alicyclic amines) is 1. The van der Waals surface area contributed by atoms with Crippen LogP contribution < -0.4 is 10.6 Å². The molecule has 0 radical (unpaired) electrons. The maximum absolute atomic E-state index is 12.1. The fraction of sp³-hybridized carbons (Fsp3) is 0.409. The lowest BCUT2D eigenvalue weighted by molar-refractivity contribution is -0.117. The van der Waals surface area contributed by atoms with Crippen molar-refractivity contribution >= 4 is 23.1 Å². The van der Waals surface area contributed by atoms with E-state index in [0.29, 0.717) is 6.04 Å². The number of amides is 1. The van der Waals surface area contributed by atoms with Crippen LogP contribution in [0.3, 0.4) is 0 Å². The van der Waals surface area contributed by atoms with Crippen LogP contribution in [0.1, 0.15) is 25.7 Å². The van der Waals surface area contributed by atoms with Gasteiger partial charge in [-0.2, -0.15) is 0 Å². The Labute approximate surface area is 170 Å². The van der Waals surface area contributed by atoms with Crippen LogP contribution in [0.4, 0.5) is 11.5 Å². The molecule has 0 unspecified atom stereocenters. The Morgan fingerprint density at radius 2 is 1.93 bits per heavy atom. The van der Waals surface area contributed by atoms with E-state index in [0.717, 1.165) is 67.2 Å². The van der Waals surface area contributed by atoms with Crippen molar-refractivity contribution in [1.82, 2.24) is 19.5 Å². The summed E-state index contributed by atoms with van der Waals surface area (Å²) in [5.41, 5.74) is 3.51. The highest BCUT2D eigenvalue weighted by molar-refractivity contribution is 5.94. The van der Waals surface area contributed by atoms with Crippen LogP contribution in [0.2, 0.25) is 0 Å². The minimum absolute atomic E-state index is 0.114. The second-order valence-corrected chi connectivity index (χ2v) is 8.20. The molecule has 1 saturated heterocycles. The van der Waals surface area contributed by atoms with Crippen LogP contribution in [0.5, 0.6) is 0 Å². The van der Waals surface area contributed by atoms with Gasteiger partial charge < -0.3 is 15.5 Å². The quantitative estimate of drug-likeness (QED) is 0.700. The second kappa shape index (κ2) is 7.48. The maximum Gasteiger partial charge on any atom is 0.227 e. The first-order chi connectivity index (χ1) is 14.2. The molecule has 7 nitrogen and oxygen atoms in total. The molecule has 3 aromatic rings. The monoisotopic (exact) mass is 390 g/mol. The zero-order valence-corrected chi connectivity index (χ0v) is 16.6. The summed E-state index contributed by atoms with van der Waals surface area (Å²) in [6.45, 7) is 2.21. The van der Waals surface area contributed by atoms with Crippen LogP contribution in [-0.2, 0) is 4.79 Å². The minimum Gasteiger partial charge on any atom is -0.366 e. The van der Waals surface area contributed by atoms with Gasteiger partial charge in [0.05, 0.1) is 11.9 Å². The first kappa shape index (κ1) is 18.1. The highest BCUT2D eigenvalue weighted by Crippen LogP contribution is 2.31. The molecule has 2 N–H and O–H groups in total. The number of carbonyl (C=O) groups excluding carboxylic acids is 1. The van der Waals surface area contributed by atoms with Crippen molar-refractivity contribution < 1.29 is 4.79 Å². The van der Waals surface area contributed by atoms with E-state index in [-0.39, 0.29) is 11.8 Å².